The predicted molar refractivity (Wildman–Crippen MR) is 79.6 cm³/mol. The number of hydrogen-bond acceptors (Lipinski definition) is 2. The summed E-state index contributed by atoms with van der Waals surface area (Å²) < 4.78 is 0. The van der Waals surface area contributed by atoms with Gasteiger partial charge >= 0.3 is 6.03 Å². The van der Waals surface area contributed by atoms with Gasteiger partial charge in [0.2, 0.25) is 0 Å². The molecule has 0 aliphatic heterocycles. The SMILES string of the molecule is CCN(C(=O)Nc1ccccc1C#N)c1ccccc1. The second kappa shape index (κ2) is 6.39. The molecule has 0 bridgehead atoms. The fraction of sp³-hybridized carbons (Fsp3) is 0.125. The van der Waals surface area contributed by atoms with Crippen molar-refractivity contribution in [3.05, 3.63) is 60.2 Å². The molecule has 2 aromatic carbocycles. The third kappa shape index (κ3) is 2.96. The maximum absolute atomic E-state index is 12.3. The van der Waals surface area contributed by atoms with E-state index in [-0.39, 0.29) is 6.03 Å². The Labute approximate surface area is 118 Å². The van der Waals surface area contributed by atoms with E-state index in [9.17, 15) is 4.79 Å². The lowest BCUT2D eigenvalue weighted by atomic mass is 10.2. The third-order valence-corrected chi connectivity index (χ3v) is 2.92. The molecule has 1 N–H and O–H groups in total. The number of hydrogen-bond donors (Lipinski definition) is 1. The number of carbonyl (C=O) groups is 1. The molecule has 4 heteroatoms. The fourth-order valence-corrected chi connectivity index (χ4v) is 1.92. The minimum Gasteiger partial charge on any atom is -0.306 e. The molecule has 2 aromatic rings. The molecule has 2 rings (SSSR count). The Balaban J connectivity index is 2.21. The zero-order valence-corrected chi connectivity index (χ0v) is 11.2. The summed E-state index contributed by atoms with van der Waals surface area (Å²) in [7, 11) is 0. The monoisotopic (exact) mass is 265 g/mol. The number of rotatable bonds is 3. The molecule has 0 spiro atoms. The van der Waals surface area contributed by atoms with Crippen LogP contribution in [0.15, 0.2) is 54.6 Å². The van der Waals surface area contributed by atoms with Crippen molar-refractivity contribution >= 4 is 17.4 Å². The number of benzene rings is 2. The molecule has 100 valence electrons. The van der Waals surface area contributed by atoms with Crippen LogP contribution in [-0.4, -0.2) is 12.6 Å². The Morgan fingerprint density at radius 2 is 1.80 bits per heavy atom. The summed E-state index contributed by atoms with van der Waals surface area (Å²) in [5.74, 6) is 0. The normalized spacial score (nSPS) is 9.60. The van der Waals surface area contributed by atoms with Crippen molar-refractivity contribution in [3.63, 3.8) is 0 Å². The van der Waals surface area contributed by atoms with Crippen molar-refractivity contribution in [1.82, 2.24) is 0 Å². The second-order valence-corrected chi connectivity index (χ2v) is 4.17. The van der Waals surface area contributed by atoms with Crippen molar-refractivity contribution in [3.8, 4) is 6.07 Å². The molecule has 0 aliphatic carbocycles. The molecule has 0 aromatic heterocycles. The molecule has 0 radical (unpaired) electrons. The lowest BCUT2D eigenvalue weighted by Crippen LogP contribution is -2.34. The van der Waals surface area contributed by atoms with Gasteiger partial charge in [0.15, 0.2) is 0 Å². The Bertz CT molecular complexity index is 632. The zero-order valence-electron chi connectivity index (χ0n) is 11.2. The number of anilines is 2. The summed E-state index contributed by atoms with van der Waals surface area (Å²) >= 11 is 0. The Morgan fingerprint density at radius 3 is 2.45 bits per heavy atom. The molecule has 20 heavy (non-hydrogen) atoms. The first-order valence-corrected chi connectivity index (χ1v) is 6.39. The molecule has 4 nitrogen and oxygen atoms in total. The van der Waals surface area contributed by atoms with Crippen molar-refractivity contribution in [1.29, 1.82) is 5.26 Å². The van der Waals surface area contributed by atoms with Crippen molar-refractivity contribution in [2.75, 3.05) is 16.8 Å². The Kier molecular flexibility index (Phi) is 4.35. The molecule has 2 amide bonds. The van der Waals surface area contributed by atoms with Crippen LogP contribution in [0.4, 0.5) is 16.2 Å². The minimum absolute atomic E-state index is 0.249. The maximum atomic E-state index is 12.3. The molecule has 0 aliphatic rings. The Morgan fingerprint density at radius 1 is 1.15 bits per heavy atom. The molecule has 0 saturated carbocycles. The summed E-state index contributed by atoms with van der Waals surface area (Å²) in [6.07, 6.45) is 0. The summed E-state index contributed by atoms with van der Waals surface area (Å²) in [5.41, 5.74) is 1.79. The van der Waals surface area contributed by atoms with Crippen molar-refractivity contribution < 1.29 is 4.79 Å². The van der Waals surface area contributed by atoms with E-state index in [1.165, 1.54) is 0 Å². The largest absolute Gasteiger partial charge is 0.326 e. The van der Waals surface area contributed by atoms with Gasteiger partial charge in [0, 0.05) is 12.2 Å². The van der Waals surface area contributed by atoms with Gasteiger partial charge in [-0.3, -0.25) is 4.90 Å². The second-order valence-electron chi connectivity index (χ2n) is 4.17. The third-order valence-electron chi connectivity index (χ3n) is 2.92. The molecule has 0 heterocycles. The lowest BCUT2D eigenvalue weighted by molar-refractivity contribution is 0.257. The van der Waals surface area contributed by atoms with Crippen LogP contribution < -0.4 is 10.2 Å². The van der Waals surface area contributed by atoms with Crippen LogP contribution in [0.5, 0.6) is 0 Å². The highest BCUT2D eigenvalue weighted by atomic mass is 16.2. The average molecular weight is 265 g/mol. The van der Waals surface area contributed by atoms with Crippen molar-refractivity contribution in [2.45, 2.75) is 6.92 Å². The quantitative estimate of drug-likeness (QED) is 0.921. The van der Waals surface area contributed by atoms with Crippen LogP contribution in [0.25, 0.3) is 0 Å². The number of nitrogens with zero attached hydrogens (tertiary/aromatic N) is 2. The van der Waals surface area contributed by atoms with Crippen LogP contribution in [-0.2, 0) is 0 Å². The number of nitrogens with one attached hydrogen (secondary N) is 1. The van der Waals surface area contributed by atoms with Gasteiger partial charge in [-0.15, -0.1) is 0 Å². The number of para-hydroxylation sites is 2. The standard InChI is InChI=1S/C16H15N3O/c1-2-19(14-9-4-3-5-10-14)16(20)18-15-11-7-6-8-13(15)12-17/h3-11H,2H2,1H3,(H,18,20). The topological polar surface area (TPSA) is 56.1 Å². The molecular formula is C16H15N3O. The van der Waals surface area contributed by atoms with E-state index >= 15 is 0 Å². The Hall–Kier alpha value is -2.80. The van der Waals surface area contributed by atoms with Crippen molar-refractivity contribution in [2.24, 2.45) is 0 Å². The first-order chi connectivity index (χ1) is 9.76. The van der Waals surface area contributed by atoms with Gasteiger partial charge in [0.1, 0.15) is 6.07 Å². The van der Waals surface area contributed by atoms with Gasteiger partial charge in [-0.05, 0) is 31.2 Å². The zero-order chi connectivity index (χ0) is 14.4. The van der Waals surface area contributed by atoms with Crippen LogP contribution in [0.2, 0.25) is 0 Å². The highest BCUT2D eigenvalue weighted by molar-refractivity contribution is 6.02. The summed E-state index contributed by atoms with van der Waals surface area (Å²) in [4.78, 5) is 13.9. The van der Waals surface area contributed by atoms with E-state index in [1.807, 2.05) is 37.3 Å². The summed E-state index contributed by atoms with van der Waals surface area (Å²) in [6, 6.07) is 18.2. The van der Waals surface area contributed by atoms with E-state index in [4.69, 9.17) is 5.26 Å². The molecular weight excluding hydrogens is 250 g/mol. The summed E-state index contributed by atoms with van der Waals surface area (Å²) in [5, 5.41) is 11.8. The van der Waals surface area contributed by atoms with E-state index in [0.29, 0.717) is 17.8 Å². The van der Waals surface area contributed by atoms with Gasteiger partial charge in [0.05, 0.1) is 11.3 Å². The van der Waals surface area contributed by atoms with E-state index < -0.39 is 0 Å². The molecule has 0 fully saturated rings. The predicted octanol–water partition coefficient (Wildman–Crippen LogP) is 3.62. The first-order valence-electron chi connectivity index (χ1n) is 6.39. The molecule has 0 unspecified atom stereocenters. The van der Waals surface area contributed by atoms with Crippen LogP contribution >= 0.6 is 0 Å². The lowest BCUT2D eigenvalue weighted by Gasteiger charge is -2.21. The van der Waals surface area contributed by atoms with Gasteiger partial charge in [-0.1, -0.05) is 30.3 Å². The fourth-order valence-electron chi connectivity index (χ4n) is 1.92. The first kappa shape index (κ1) is 13.6. The number of nitriles is 1. The minimum atomic E-state index is -0.249. The van der Waals surface area contributed by atoms with Gasteiger partial charge in [-0.2, -0.15) is 5.26 Å². The van der Waals surface area contributed by atoms with Crippen LogP contribution in [0, 0.1) is 11.3 Å². The van der Waals surface area contributed by atoms with E-state index in [0.717, 1.165) is 5.69 Å². The molecule has 0 saturated heterocycles. The van der Waals surface area contributed by atoms with Gasteiger partial charge < -0.3 is 5.32 Å². The highest BCUT2D eigenvalue weighted by Crippen LogP contribution is 2.17. The van der Waals surface area contributed by atoms with Gasteiger partial charge in [0.25, 0.3) is 0 Å². The summed E-state index contributed by atoms with van der Waals surface area (Å²) in [6.45, 7) is 2.45. The van der Waals surface area contributed by atoms with E-state index in [1.54, 1.807) is 29.2 Å². The van der Waals surface area contributed by atoms with Gasteiger partial charge in [-0.25, -0.2) is 4.79 Å². The van der Waals surface area contributed by atoms with Crippen LogP contribution in [0.1, 0.15) is 12.5 Å². The number of amides is 2. The number of carbonyl (C=O) groups excluding carboxylic acids is 1. The average Bonchev–Trinajstić information content (AvgIpc) is 2.49. The van der Waals surface area contributed by atoms with Crippen LogP contribution in [0.3, 0.4) is 0 Å². The van der Waals surface area contributed by atoms with E-state index in [2.05, 4.69) is 11.4 Å². The molecule has 0 atom stereocenters. The highest BCUT2D eigenvalue weighted by Gasteiger charge is 2.14. The number of urea groups is 1. The smallest absolute Gasteiger partial charge is 0.306 e. The maximum Gasteiger partial charge on any atom is 0.326 e.